The van der Waals surface area contributed by atoms with E-state index in [1.807, 2.05) is 0 Å². The number of rotatable bonds is 9. The molecule has 0 saturated carbocycles. The highest BCUT2D eigenvalue weighted by Crippen LogP contribution is 2.33. The zero-order valence-electron chi connectivity index (χ0n) is 15.2. The average Bonchev–Trinajstić information content (AvgIpc) is 3.17. The summed E-state index contributed by atoms with van der Waals surface area (Å²) in [5.41, 5.74) is 5.44. The van der Waals surface area contributed by atoms with Gasteiger partial charge in [-0.25, -0.2) is 0 Å². The summed E-state index contributed by atoms with van der Waals surface area (Å²) >= 11 is 0. The minimum absolute atomic E-state index is 0.103. The average molecular weight is 304 g/mol. The molecule has 0 aromatic heterocycles. The SMILES string of the molecule is CC(C)=CCC/C(C)=C1\OC1OC/C=C(\C)CCC=C(C)C. The van der Waals surface area contributed by atoms with Gasteiger partial charge >= 0.3 is 0 Å². The van der Waals surface area contributed by atoms with Crippen molar-refractivity contribution < 1.29 is 9.47 Å². The van der Waals surface area contributed by atoms with E-state index >= 15 is 0 Å². The van der Waals surface area contributed by atoms with Crippen molar-refractivity contribution in [1.82, 2.24) is 0 Å². The Labute approximate surface area is 136 Å². The Balaban J connectivity index is 2.24. The molecule has 2 nitrogen and oxygen atoms in total. The van der Waals surface area contributed by atoms with Crippen molar-refractivity contribution in [3.05, 3.63) is 46.3 Å². The third kappa shape index (κ3) is 8.23. The van der Waals surface area contributed by atoms with Gasteiger partial charge in [-0.05, 0) is 72.8 Å². The molecular formula is C20H32O2. The zero-order chi connectivity index (χ0) is 16.5. The van der Waals surface area contributed by atoms with E-state index in [4.69, 9.17) is 9.47 Å². The van der Waals surface area contributed by atoms with Crippen molar-refractivity contribution in [2.24, 2.45) is 0 Å². The molecule has 0 amide bonds. The molecule has 1 aliphatic heterocycles. The highest BCUT2D eigenvalue weighted by Gasteiger charge is 2.35. The van der Waals surface area contributed by atoms with E-state index in [1.165, 1.54) is 22.3 Å². The van der Waals surface area contributed by atoms with Crippen LogP contribution in [0.15, 0.2) is 46.3 Å². The number of epoxide rings is 1. The van der Waals surface area contributed by atoms with Gasteiger partial charge in [0, 0.05) is 0 Å². The smallest absolute Gasteiger partial charge is 0.258 e. The minimum Gasteiger partial charge on any atom is -0.455 e. The molecule has 22 heavy (non-hydrogen) atoms. The van der Waals surface area contributed by atoms with Crippen LogP contribution in [0.3, 0.4) is 0 Å². The topological polar surface area (TPSA) is 21.8 Å². The van der Waals surface area contributed by atoms with Gasteiger partial charge in [-0.2, -0.15) is 0 Å². The summed E-state index contributed by atoms with van der Waals surface area (Å²) in [6.45, 7) is 13.5. The largest absolute Gasteiger partial charge is 0.455 e. The van der Waals surface area contributed by atoms with Crippen molar-refractivity contribution in [3.8, 4) is 0 Å². The van der Waals surface area contributed by atoms with Crippen LogP contribution in [0, 0.1) is 0 Å². The third-order valence-electron chi connectivity index (χ3n) is 3.65. The van der Waals surface area contributed by atoms with Crippen molar-refractivity contribution in [2.45, 2.75) is 73.5 Å². The van der Waals surface area contributed by atoms with Crippen LogP contribution < -0.4 is 0 Å². The standard InChI is InChI=1S/C20H32O2/c1-15(2)9-7-11-17(5)13-14-21-20-19(22-20)18(6)12-8-10-16(3)4/h9-10,13,20H,7-8,11-12,14H2,1-6H3/b17-13+,19-18-. The van der Waals surface area contributed by atoms with Gasteiger partial charge in [0.1, 0.15) is 0 Å². The second-order valence-electron chi connectivity index (χ2n) is 6.62. The maximum absolute atomic E-state index is 5.72. The third-order valence-corrected chi connectivity index (χ3v) is 3.65. The van der Waals surface area contributed by atoms with E-state index in [-0.39, 0.29) is 6.29 Å². The van der Waals surface area contributed by atoms with Gasteiger partial charge in [0.15, 0.2) is 5.76 Å². The van der Waals surface area contributed by atoms with Gasteiger partial charge in [-0.1, -0.05) is 34.9 Å². The van der Waals surface area contributed by atoms with Gasteiger partial charge in [-0.15, -0.1) is 0 Å². The lowest BCUT2D eigenvalue weighted by Crippen LogP contribution is -1.95. The first-order valence-electron chi connectivity index (χ1n) is 8.30. The summed E-state index contributed by atoms with van der Waals surface area (Å²) < 4.78 is 11.3. The molecule has 0 radical (unpaired) electrons. The number of hydrogen-bond acceptors (Lipinski definition) is 2. The van der Waals surface area contributed by atoms with E-state index in [2.05, 4.69) is 59.8 Å². The van der Waals surface area contributed by atoms with Crippen molar-refractivity contribution >= 4 is 0 Å². The molecule has 1 heterocycles. The first-order valence-corrected chi connectivity index (χ1v) is 8.30. The predicted molar refractivity (Wildman–Crippen MR) is 94.6 cm³/mol. The molecule has 0 aromatic rings. The molecule has 1 fully saturated rings. The maximum atomic E-state index is 5.72. The van der Waals surface area contributed by atoms with Gasteiger partial charge in [-0.3, -0.25) is 0 Å². The van der Waals surface area contributed by atoms with E-state index in [1.54, 1.807) is 0 Å². The second-order valence-corrected chi connectivity index (χ2v) is 6.62. The summed E-state index contributed by atoms with van der Waals surface area (Å²) in [5.74, 6) is 1.04. The number of ether oxygens (including phenoxy) is 2. The molecule has 124 valence electrons. The minimum atomic E-state index is -0.103. The molecule has 0 bridgehead atoms. The Kier molecular flexibility index (Phi) is 8.26. The van der Waals surface area contributed by atoms with E-state index in [9.17, 15) is 0 Å². The Morgan fingerprint density at radius 3 is 2.09 bits per heavy atom. The van der Waals surface area contributed by atoms with Crippen molar-refractivity contribution in [3.63, 3.8) is 0 Å². The van der Waals surface area contributed by atoms with Crippen LogP contribution in [0.5, 0.6) is 0 Å². The summed E-state index contributed by atoms with van der Waals surface area (Å²) in [5, 5.41) is 0. The molecule has 1 atom stereocenters. The maximum Gasteiger partial charge on any atom is 0.258 e. The Hall–Kier alpha value is -1.28. The molecule has 1 aliphatic rings. The lowest BCUT2D eigenvalue weighted by atomic mass is 10.1. The molecule has 0 aromatic carbocycles. The van der Waals surface area contributed by atoms with E-state index in [0.29, 0.717) is 6.61 Å². The van der Waals surface area contributed by atoms with Gasteiger partial charge < -0.3 is 9.47 Å². The second kappa shape index (κ2) is 9.68. The lowest BCUT2D eigenvalue weighted by Gasteiger charge is -1.99. The van der Waals surface area contributed by atoms with Gasteiger partial charge in [0.25, 0.3) is 6.29 Å². The lowest BCUT2D eigenvalue weighted by molar-refractivity contribution is 0.0692. The molecule has 2 heteroatoms. The Bertz CT molecular complexity index is 470. The van der Waals surface area contributed by atoms with Gasteiger partial charge in [0.2, 0.25) is 0 Å². The summed E-state index contributed by atoms with van der Waals surface area (Å²) in [4.78, 5) is 0. The molecular weight excluding hydrogens is 272 g/mol. The first-order chi connectivity index (χ1) is 10.4. The summed E-state index contributed by atoms with van der Waals surface area (Å²) in [7, 11) is 0. The van der Waals surface area contributed by atoms with Crippen LogP contribution in [0.25, 0.3) is 0 Å². The predicted octanol–water partition coefficient (Wildman–Crippen LogP) is 6.07. The van der Waals surface area contributed by atoms with Crippen LogP contribution in [0.2, 0.25) is 0 Å². The molecule has 0 spiro atoms. The highest BCUT2D eigenvalue weighted by atomic mass is 16.8. The van der Waals surface area contributed by atoms with Crippen LogP contribution >= 0.6 is 0 Å². The highest BCUT2D eigenvalue weighted by molar-refractivity contribution is 5.18. The fourth-order valence-corrected chi connectivity index (χ4v) is 2.16. The normalized spacial score (nSPS) is 19.4. The molecule has 1 rings (SSSR count). The number of allylic oxidation sites excluding steroid dienone is 6. The quantitative estimate of drug-likeness (QED) is 0.381. The van der Waals surface area contributed by atoms with Crippen LogP contribution in [0.1, 0.15) is 67.2 Å². The van der Waals surface area contributed by atoms with Crippen molar-refractivity contribution in [1.29, 1.82) is 0 Å². The fourth-order valence-electron chi connectivity index (χ4n) is 2.16. The van der Waals surface area contributed by atoms with E-state index in [0.717, 1.165) is 31.4 Å². The van der Waals surface area contributed by atoms with Crippen molar-refractivity contribution in [2.75, 3.05) is 6.61 Å². The Morgan fingerprint density at radius 1 is 0.909 bits per heavy atom. The van der Waals surface area contributed by atoms with Crippen LogP contribution in [-0.2, 0) is 9.47 Å². The fraction of sp³-hybridized carbons (Fsp3) is 0.600. The molecule has 1 unspecified atom stereocenters. The van der Waals surface area contributed by atoms with Crippen LogP contribution in [0.4, 0.5) is 0 Å². The first kappa shape index (κ1) is 18.8. The molecule has 0 N–H and O–H groups in total. The van der Waals surface area contributed by atoms with Gasteiger partial charge in [0.05, 0.1) is 6.61 Å². The van der Waals surface area contributed by atoms with Crippen LogP contribution in [-0.4, -0.2) is 12.9 Å². The molecule has 0 aliphatic carbocycles. The summed E-state index contributed by atoms with van der Waals surface area (Å²) in [6, 6.07) is 0. The Morgan fingerprint density at radius 2 is 1.50 bits per heavy atom. The number of hydrogen-bond donors (Lipinski definition) is 0. The zero-order valence-corrected chi connectivity index (χ0v) is 15.2. The van der Waals surface area contributed by atoms with E-state index < -0.39 is 0 Å². The molecule has 1 saturated heterocycles. The summed E-state index contributed by atoms with van der Waals surface area (Å²) in [6.07, 6.45) is 10.9. The monoisotopic (exact) mass is 304 g/mol.